The summed E-state index contributed by atoms with van der Waals surface area (Å²) in [6, 6.07) is 0. The van der Waals surface area contributed by atoms with Crippen molar-refractivity contribution in [2.75, 3.05) is 6.61 Å². The molecule has 0 aromatic heterocycles. The van der Waals surface area contributed by atoms with E-state index in [1.807, 2.05) is 0 Å². The summed E-state index contributed by atoms with van der Waals surface area (Å²) in [6.07, 6.45) is 1.77. The number of aliphatic carboxylic acids is 1. The maximum absolute atomic E-state index is 11.2. The van der Waals surface area contributed by atoms with Crippen LogP contribution in [0.3, 0.4) is 0 Å². The molecular weight excluding hydrogens is 232 g/mol. The molecule has 3 fully saturated rings. The van der Waals surface area contributed by atoms with Crippen LogP contribution in [0.1, 0.15) is 33.6 Å². The van der Waals surface area contributed by atoms with E-state index in [1.54, 1.807) is 0 Å². The highest BCUT2D eigenvalue weighted by atomic mass is 28.4. The summed E-state index contributed by atoms with van der Waals surface area (Å²) >= 11 is 0. The highest BCUT2D eigenvalue weighted by Gasteiger charge is 2.69. The van der Waals surface area contributed by atoms with Crippen LogP contribution in [0.4, 0.5) is 0 Å². The van der Waals surface area contributed by atoms with E-state index in [9.17, 15) is 9.90 Å². The van der Waals surface area contributed by atoms with Crippen LogP contribution in [0.2, 0.25) is 18.1 Å². The number of rotatable bonds is 4. The van der Waals surface area contributed by atoms with Gasteiger partial charge in [0.15, 0.2) is 8.32 Å². The van der Waals surface area contributed by atoms with Crippen molar-refractivity contribution in [1.82, 2.24) is 0 Å². The van der Waals surface area contributed by atoms with Gasteiger partial charge in [0.25, 0.3) is 0 Å². The van der Waals surface area contributed by atoms with Gasteiger partial charge in [-0.25, -0.2) is 0 Å². The minimum atomic E-state index is -1.72. The average molecular weight is 256 g/mol. The van der Waals surface area contributed by atoms with Crippen LogP contribution in [-0.2, 0) is 9.22 Å². The van der Waals surface area contributed by atoms with Gasteiger partial charge in [-0.05, 0) is 42.8 Å². The Labute approximate surface area is 105 Å². The SMILES string of the molecule is CC(C)(C)[Si](C)(C)OCC1C2CC1(C(=O)O)C2. The molecule has 3 aliphatic rings. The Morgan fingerprint density at radius 2 is 1.94 bits per heavy atom. The molecule has 0 heterocycles. The van der Waals surface area contributed by atoms with Crippen molar-refractivity contribution in [2.45, 2.75) is 51.7 Å². The van der Waals surface area contributed by atoms with E-state index >= 15 is 0 Å². The zero-order valence-electron chi connectivity index (χ0n) is 11.5. The third-order valence-electron chi connectivity index (χ3n) is 5.39. The molecule has 1 unspecified atom stereocenters. The molecule has 0 aromatic carbocycles. The number of carboxylic acids is 1. The van der Waals surface area contributed by atoms with Crippen molar-refractivity contribution in [3.8, 4) is 0 Å². The molecule has 1 N–H and O–H groups in total. The van der Waals surface area contributed by atoms with Crippen molar-refractivity contribution < 1.29 is 14.3 Å². The summed E-state index contributed by atoms with van der Waals surface area (Å²) in [7, 11) is -1.72. The molecule has 3 saturated carbocycles. The standard InChI is InChI=1S/C13H24O3Si/c1-12(2,3)17(4,5)16-8-10-9-6-13(10,7-9)11(14)15/h9-10H,6-8H2,1-5H3,(H,14,15). The lowest BCUT2D eigenvalue weighted by molar-refractivity contribution is -0.223. The lowest BCUT2D eigenvalue weighted by atomic mass is 9.38. The molecule has 17 heavy (non-hydrogen) atoms. The maximum atomic E-state index is 11.2. The Kier molecular flexibility index (Phi) is 2.75. The summed E-state index contributed by atoms with van der Waals surface area (Å²) in [4.78, 5) is 11.2. The summed E-state index contributed by atoms with van der Waals surface area (Å²) in [6.45, 7) is 11.8. The van der Waals surface area contributed by atoms with Gasteiger partial charge in [0.1, 0.15) is 0 Å². The average Bonchev–Trinajstić information content (AvgIpc) is 1.95. The van der Waals surface area contributed by atoms with Gasteiger partial charge in [0.2, 0.25) is 0 Å². The van der Waals surface area contributed by atoms with Crippen molar-refractivity contribution in [2.24, 2.45) is 17.3 Å². The van der Waals surface area contributed by atoms with Crippen LogP contribution >= 0.6 is 0 Å². The van der Waals surface area contributed by atoms with Gasteiger partial charge in [-0.3, -0.25) is 4.79 Å². The van der Waals surface area contributed by atoms with Gasteiger partial charge >= 0.3 is 5.97 Å². The number of hydrogen-bond acceptors (Lipinski definition) is 2. The monoisotopic (exact) mass is 256 g/mol. The van der Waals surface area contributed by atoms with Crippen molar-refractivity contribution in [3.05, 3.63) is 0 Å². The second-order valence-electron chi connectivity index (χ2n) is 7.31. The first-order valence-corrected chi connectivity index (χ1v) is 9.38. The van der Waals surface area contributed by atoms with Gasteiger partial charge in [-0.2, -0.15) is 0 Å². The van der Waals surface area contributed by atoms with E-state index in [4.69, 9.17) is 4.43 Å². The number of carbonyl (C=O) groups is 1. The largest absolute Gasteiger partial charge is 0.481 e. The van der Waals surface area contributed by atoms with Crippen molar-refractivity contribution in [1.29, 1.82) is 0 Å². The van der Waals surface area contributed by atoms with E-state index in [-0.39, 0.29) is 11.0 Å². The van der Waals surface area contributed by atoms with Crippen molar-refractivity contribution >= 4 is 14.3 Å². The van der Waals surface area contributed by atoms with Crippen LogP contribution in [0, 0.1) is 17.3 Å². The fraction of sp³-hybridized carbons (Fsp3) is 0.923. The molecule has 98 valence electrons. The Bertz CT molecular complexity index is 337. The fourth-order valence-electron chi connectivity index (χ4n) is 2.74. The lowest BCUT2D eigenvalue weighted by Crippen LogP contribution is -2.67. The second-order valence-corrected chi connectivity index (χ2v) is 12.1. The first kappa shape index (κ1) is 13.1. The minimum absolute atomic E-state index is 0.206. The highest BCUT2D eigenvalue weighted by Crippen LogP contribution is 2.69. The molecule has 4 heteroatoms. The highest BCUT2D eigenvalue weighted by molar-refractivity contribution is 6.74. The van der Waals surface area contributed by atoms with Gasteiger partial charge < -0.3 is 9.53 Å². The molecule has 0 aliphatic heterocycles. The predicted molar refractivity (Wildman–Crippen MR) is 69.4 cm³/mol. The van der Waals surface area contributed by atoms with E-state index < -0.39 is 19.7 Å². The Balaban J connectivity index is 1.91. The smallest absolute Gasteiger partial charge is 0.310 e. The second kappa shape index (κ2) is 3.57. The van der Waals surface area contributed by atoms with E-state index in [0.717, 1.165) is 12.8 Å². The molecular formula is C13H24O3Si. The van der Waals surface area contributed by atoms with Crippen LogP contribution < -0.4 is 0 Å². The van der Waals surface area contributed by atoms with Crippen LogP contribution in [0.5, 0.6) is 0 Å². The first-order chi connectivity index (χ1) is 7.60. The molecule has 0 saturated heterocycles. The molecule has 3 aliphatic carbocycles. The third-order valence-corrected chi connectivity index (χ3v) is 9.89. The molecule has 3 nitrogen and oxygen atoms in total. The molecule has 0 aromatic rings. The third kappa shape index (κ3) is 1.76. The zero-order valence-corrected chi connectivity index (χ0v) is 12.5. The van der Waals surface area contributed by atoms with E-state index in [2.05, 4.69) is 33.9 Å². The van der Waals surface area contributed by atoms with Crippen LogP contribution in [0.15, 0.2) is 0 Å². The van der Waals surface area contributed by atoms with Crippen LogP contribution in [-0.4, -0.2) is 26.0 Å². The Morgan fingerprint density at radius 3 is 2.24 bits per heavy atom. The number of carboxylic acid groups (broad SMARTS) is 1. The maximum Gasteiger partial charge on any atom is 0.310 e. The summed E-state index contributed by atoms with van der Waals surface area (Å²) < 4.78 is 6.15. The Morgan fingerprint density at radius 1 is 1.41 bits per heavy atom. The molecule has 0 amide bonds. The molecule has 3 rings (SSSR count). The number of hydrogen-bond donors (Lipinski definition) is 1. The summed E-state index contributed by atoms with van der Waals surface area (Å²) in [5.41, 5.74) is -0.410. The quantitative estimate of drug-likeness (QED) is 0.786. The van der Waals surface area contributed by atoms with Gasteiger partial charge in [0.05, 0.1) is 5.41 Å². The first-order valence-electron chi connectivity index (χ1n) is 6.47. The van der Waals surface area contributed by atoms with Gasteiger partial charge in [-0.1, -0.05) is 20.8 Å². The van der Waals surface area contributed by atoms with E-state index in [0.29, 0.717) is 12.5 Å². The molecule has 1 atom stereocenters. The summed E-state index contributed by atoms with van der Waals surface area (Å²) in [5.74, 6) is 0.300. The zero-order chi connectivity index (χ0) is 13.1. The van der Waals surface area contributed by atoms with Crippen LogP contribution in [0.25, 0.3) is 0 Å². The normalized spacial score (nSPS) is 36.1. The minimum Gasteiger partial charge on any atom is -0.481 e. The summed E-state index contributed by atoms with van der Waals surface area (Å²) in [5, 5.41) is 9.45. The molecule has 0 radical (unpaired) electrons. The Hall–Kier alpha value is -0.353. The van der Waals surface area contributed by atoms with Crippen molar-refractivity contribution in [3.63, 3.8) is 0 Å². The van der Waals surface area contributed by atoms with E-state index in [1.165, 1.54) is 0 Å². The lowest BCUT2D eigenvalue weighted by Gasteiger charge is -2.65. The van der Waals surface area contributed by atoms with Gasteiger partial charge in [0, 0.05) is 6.61 Å². The predicted octanol–water partition coefficient (Wildman–Crippen LogP) is 3.12. The fourth-order valence-corrected chi connectivity index (χ4v) is 3.77. The van der Waals surface area contributed by atoms with Gasteiger partial charge in [-0.15, -0.1) is 0 Å². The molecule has 0 spiro atoms. The topological polar surface area (TPSA) is 46.5 Å². The molecule has 2 bridgehead atoms.